The van der Waals surface area contributed by atoms with Gasteiger partial charge in [0, 0.05) is 12.6 Å². The van der Waals surface area contributed by atoms with E-state index in [2.05, 4.69) is 37.2 Å². The highest BCUT2D eigenvalue weighted by atomic mass is 79.9. The highest BCUT2D eigenvalue weighted by Crippen LogP contribution is 2.35. The van der Waals surface area contributed by atoms with Crippen LogP contribution >= 0.6 is 31.9 Å². The van der Waals surface area contributed by atoms with Gasteiger partial charge in [-0.2, -0.15) is 0 Å². The molecule has 0 bridgehead atoms. The number of hydrogen-bond acceptors (Lipinski definition) is 3. The molecule has 0 aliphatic heterocycles. The van der Waals surface area contributed by atoms with E-state index in [-0.39, 0.29) is 0 Å². The fourth-order valence-electron chi connectivity index (χ4n) is 2.33. The van der Waals surface area contributed by atoms with E-state index in [0.717, 1.165) is 27.0 Å². The molecule has 0 spiro atoms. The number of hydrogen-bond donors (Lipinski definition) is 1. The maximum Gasteiger partial charge on any atom is 0.134 e. The van der Waals surface area contributed by atoms with Gasteiger partial charge in [0.05, 0.1) is 16.1 Å². The van der Waals surface area contributed by atoms with E-state index in [9.17, 15) is 0 Å². The fraction of sp³-hybridized carbons (Fsp3) is 0.571. The zero-order valence-electron chi connectivity index (χ0n) is 11.0. The van der Waals surface area contributed by atoms with Crippen LogP contribution in [0.1, 0.15) is 25.7 Å². The number of ether oxygens (including phenoxy) is 2. The van der Waals surface area contributed by atoms with Gasteiger partial charge < -0.3 is 14.8 Å². The molecule has 1 fully saturated rings. The van der Waals surface area contributed by atoms with E-state index < -0.39 is 0 Å². The fourth-order valence-corrected chi connectivity index (χ4v) is 3.25. The molecule has 1 aromatic carbocycles. The maximum atomic E-state index is 5.78. The average molecular weight is 393 g/mol. The molecule has 2 rings (SSSR count). The number of benzene rings is 1. The van der Waals surface area contributed by atoms with E-state index >= 15 is 0 Å². The van der Waals surface area contributed by atoms with Crippen LogP contribution < -0.4 is 14.8 Å². The van der Waals surface area contributed by atoms with Crippen LogP contribution in [0.3, 0.4) is 0 Å². The normalized spacial score (nSPS) is 15.7. The average Bonchev–Trinajstić information content (AvgIpc) is 2.91. The smallest absolute Gasteiger partial charge is 0.134 e. The van der Waals surface area contributed by atoms with E-state index in [4.69, 9.17) is 9.47 Å². The Hall–Kier alpha value is -0.260. The molecule has 1 N–H and O–H groups in total. The van der Waals surface area contributed by atoms with E-state index in [1.54, 1.807) is 7.11 Å². The number of halogens is 2. The Balaban J connectivity index is 1.80. The molecule has 0 radical (unpaired) electrons. The van der Waals surface area contributed by atoms with Crippen LogP contribution in [-0.4, -0.2) is 26.3 Å². The lowest BCUT2D eigenvalue weighted by Gasteiger charge is -2.14. The minimum absolute atomic E-state index is 0.674. The van der Waals surface area contributed by atoms with Crippen molar-refractivity contribution in [1.82, 2.24) is 5.32 Å². The number of nitrogens with one attached hydrogen (secondary N) is 1. The summed E-state index contributed by atoms with van der Waals surface area (Å²) in [5.74, 6) is 1.63. The molecular formula is C14H19Br2NO2. The van der Waals surface area contributed by atoms with Gasteiger partial charge in [0.15, 0.2) is 0 Å². The third-order valence-corrected chi connectivity index (χ3v) is 4.59. The summed E-state index contributed by atoms with van der Waals surface area (Å²) in [6, 6.07) is 4.53. The zero-order valence-corrected chi connectivity index (χ0v) is 14.2. The van der Waals surface area contributed by atoms with Gasteiger partial charge in [0.2, 0.25) is 0 Å². The second-order valence-corrected chi connectivity index (χ2v) is 6.41. The second-order valence-electron chi connectivity index (χ2n) is 4.70. The van der Waals surface area contributed by atoms with Crippen LogP contribution in [0.4, 0.5) is 0 Å². The topological polar surface area (TPSA) is 30.5 Å². The van der Waals surface area contributed by atoms with Crippen molar-refractivity contribution in [1.29, 1.82) is 0 Å². The molecule has 0 amide bonds. The highest BCUT2D eigenvalue weighted by molar-refractivity contribution is 9.11. The first-order chi connectivity index (χ1) is 9.20. The summed E-state index contributed by atoms with van der Waals surface area (Å²) in [4.78, 5) is 0. The third kappa shape index (κ3) is 4.36. The molecule has 1 aromatic rings. The standard InChI is InChI=1S/C14H19Br2NO2/c1-18-13-8-12(16)14(9-11(13)15)19-7-6-17-10-4-2-3-5-10/h8-10,17H,2-7H2,1H3. The number of rotatable bonds is 6. The quantitative estimate of drug-likeness (QED) is 0.738. The Kier molecular flexibility index (Phi) is 5.98. The molecule has 1 aliphatic rings. The largest absolute Gasteiger partial charge is 0.496 e. The summed E-state index contributed by atoms with van der Waals surface area (Å²) in [6.07, 6.45) is 5.32. The molecule has 1 aliphatic carbocycles. The van der Waals surface area contributed by atoms with Gasteiger partial charge in [-0.15, -0.1) is 0 Å². The molecule has 3 nitrogen and oxygen atoms in total. The summed E-state index contributed by atoms with van der Waals surface area (Å²) in [7, 11) is 1.65. The molecule has 0 heterocycles. The van der Waals surface area contributed by atoms with Gasteiger partial charge in [0.25, 0.3) is 0 Å². The van der Waals surface area contributed by atoms with Crippen LogP contribution in [0.15, 0.2) is 21.1 Å². The van der Waals surface area contributed by atoms with Gasteiger partial charge in [-0.25, -0.2) is 0 Å². The predicted molar refractivity (Wildman–Crippen MR) is 84.1 cm³/mol. The summed E-state index contributed by atoms with van der Waals surface area (Å²) in [5, 5.41) is 3.53. The lowest BCUT2D eigenvalue weighted by molar-refractivity contribution is 0.302. The van der Waals surface area contributed by atoms with Crippen molar-refractivity contribution < 1.29 is 9.47 Å². The highest BCUT2D eigenvalue weighted by Gasteiger charge is 2.13. The van der Waals surface area contributed by atoms with E-state index in [0.29, 0.717) is 12.6 Å². The first-order valence-electron chi connectivity index (χ1n) is 6.60. The van der Waals surface area contributed by atoms with Crippen molar-refractivity contribution in [3.05, 3.63) is 21.1 Å². The van der Waals surface area contributed by atoms with Crippen molar-refractivity contribution >= 4 is 31.9 Å². The van der Waals surface area contributed by atoms with Gasteiger partial charge in [-0.05, 0) is 56.8 Å². The summed E-state index contributed by atoms with van der Waals surface area (Å²) >= 11 is 6.96. The van der Waals surface area contributed by atoms with E-state index in [1.165, 1.54) is 25.7 Å². The van der Waals surface area contributed by atoms with Crippen molar-refractivity contribution in [2.45, 2.75) is 31.7 Å². The van der Waals surface area contributed by atoms with Gasteiger partial charge in [-0.3, -0.25) is 0 Å². The Labute approximate surface area is 131 Å². The minimum Gasteiger partial charge on any atom is -0.496 e. The molecule has 0 saturated heterocycles. The Morgan fingerprint density at radius 2 is 1.79 bits per heavy atom. The summed E-state index contributed by atoms with van der Waals surface area (Å²) in [6.45, 7) is 1.56. The molecule has 0 atom stereocenters. The minimum atomic E-state index is 0.674. The van der Waals surface area contributed by atoms with Gasteiger partial charge in [-0.1, -0.05) is 12.8 Å². The molecule has 19 heavy (non-hydrogen) atoms. The van der Waals surface area contributed by atoms with E-state index in [1.807, 2.05) is 12.1 Å². The maximum absolute atomic E-state index is 5.78. The first-order valence-corrected chi connectivity index (χ1v) is 8.18. The van der Waals surface area contributed by atoms with Crippen LogP contribution in [0.5, 0.6) is 11.5 Å². The molecule has 0 unspecified atom stereocenters. The molecule has 1 saturated carbocycles. The van der Waals surface area contributed by atoms with Gasteiger partial charge in [0.1, 0.15) is 18.1 Å². The first kappa shape index (κ1) is 15.1. The van der Waals surface area contributed by atoms with Crippen molar-refractivity contribution in [2.75, 3.05) is 20.3 Å². The number of methoxy groups -OCH3 is 1. The second kappa shape index (κ2) is 7.50. The Morgan fingerprint density at radius 3 is 2.47 bits per heavy atom. The molecule has 5 heteroatoms. The summed E-state index contributed by atoms with van der Waals surface area (Å²) in [5.41, 5.74) is 0. The Morgan fingerprint density at radius 1 is 1.16 bits per heavy atom. The lowest BCUT2D eigenvalue weighted by Crippen LogP contribution is -2.30. The van der Waals surface area contributed by atoms with Gasteiger partial charge >= 0.3 is 0 Å². The molecule has 106 valence electrons. The van der Waals surface area contributed by atoms with Crippen LogP contribution in [0.25, 0.3) is 0 Å². The van der Waals surface area contributed by atoms with Crippen LogP contribution in [0, 0.1) is 0 Å². The van der Waals surface area contributed by atoms with Crippen molar-refractivity contribution in [2.24, 2.45) is 0 Å². The predicted octanol–water partition coefficient (Wildman–Crippen LogP) is 4.13. The third-order valence-electron chi connectivity index (χ3n) is 3.35. The molecule has 0 aromatic heterocycles. The van der Waals surface area contributed by atoms with Crippen LogP contribution in [-0.2, 0) is 0 Å². The molecular weight excluding hydrogens is 374 g/mol. The van der Waals surface area contributed by atoms with Crippen LogP contribution in [0.2, 0.25) is 0 Å². The lowest BCUT2D eigenvalue weighted by atomic mass is 10.2. The monoisotopic (exact) mass is 391 g/mol. The zero-order chi connectivity index (χ0) is 13.7. The SMILES string of the molecule is COc1cc(Br)c(OCCNC2CCCC2)cc1Br. The summed E-state index contributed by atoms with van der Waals surface area (Å²) < 4.78 is 12.8. The Bertz CT molecular complexity index is 420. The van der Waals surface area contributed by atoms with Crippen molar-refractivity contribution in [3.63, 3.8) is 0 Å². The van der Waals surface area contributed by atoms with Crippen molar-refractivity contribution in [3.8, 4) is 11.5 Å².